The fraction of sp³-hybridized carbons (Fsp3) is 0.500. The average Bonchev–Trinajstić information content (AvgIpc) is 2.40. The van der Waals surface area contributed by atoms with Crippen LogP contribution in [0.25, 0.3) is 0 Å². The van der Waals surface area contributed by atoms with E-state index >= 15 is 0 Å². The number of aliphatic hydroxyl groups excluding tert-OH is 1. The number of nitrogens with zero attached hydrogens (tertiary/aromatic N) is 1. The molecule has 0 saturated heterocycles. The van der Waals surface area contributed by atoms with Crippen molar-refractivity contribution in [2.75, 3.05) is 19.7 Å². The van der Waals surface area contributed by atoms with E-state index < -0.39 is 6.04 Å². The van der Waals surface area contributed by atoms with Crippen molar-refractivity contribution in [1.29, 1.82) is 0 Å². The molecule has 0 saturated carbocycles. The van der Waals surface area contributed by atoms with Gasteiger partial charge in [0, 0.05) is 13.1 Å². The lowest BCUT2D eigenvalue weighted by molar-refractivity contribution is -0.133. The van der Waals surface area contributed by atoms with Crippen LogP contribution in [0.4, 0.5) is 0 Å². The Morgan fingerprint density at radius 1 is 1.32 bits per heavy atom. The van der Waals surface area contributed by atoms with E-state index in [4.69, 9.17) is 10.8 Å². The van der Waals surface area contributed by atoms with Crippen LogP contribution >= 0.6 is 0 Å². The molecule has 1 amide bonds. The highest BCUT2D eigenvalue weighted by molar-refractivity contribution is 5.82. The van der Waals surface area contributed by atoms with Gasteiger partial charge in [-0.25, -0.2) is 0 Å². The van der Waals surface area contributed by atoms with Crippen molar-refractivity contribution in [3.8, 4) is 5.75 Å². The minimum Gasteiger partial charge on any atom is -0.508 e. The van der Waals surface area contributed by atoms with Crippen LogP contribution in [-0.4, -0.2) is 46.8 Å². The summed E-state index contributed by atoms with van der Waals surface area (Å²) in [6.07, 6.45) is 1.25. The molecule has 106 valence electrons. The number of hydrogen-bond donors (Lipinski definition) is 3. The number of rotatable bonds is 7. The maximum atomic E-state index is 12.1. The number of carbonyl (C=O) groups excluding carboxylic acids is 1. The topological polar surface area (TPSA) is 86.8 Å². The van der Waals surface area contributed by atoms with Crippen LogP contribution in [0.1, 0.15) is 18.9 Å². The fourth-order valence-corrected chi connectivity index (χ4v) is 1.93. The van der Waals surface area contributed by atoms with Gasteiger partial charge in [0.2, 0.25) is 5.91 Å². The van der Waals surface area contributed by atoms with Gasteiger partial charge in [0.15, 0.2) is 0 Å². The van der Waals surface area contributed by atoms with Crippen molar-refractivity contribution in [1.82, 2.24) is 4.90 Å². The van der Waals surface area contributed by atoms with Crippen molar-refractivity contribution in [3.05, 3.63) is 29.8 Å². The van der Waals surface area contributed by atoms with Gasteiger partial charge < -0.3 is 20.8 Å². The molecule has 5 heteroatoms. The summed E-state index contributed by atoms with van der Waals surface area (Å²) in [5, 5.41) is 18.1. The first-order valence-corrected chi connectivity index (χ1v) is 6.51. The highest BCUT2D eigenvalue weighted by Gasteiger charge is 2.20. The number of aliphatic hydroxyl groups is 1. The van der Waals surface area contributed by atoms with Gasteiger partial charge in [0.1, 0.15) is 5.75 Å². The molecule has 1 aromatic carbocycles. The lowest BCUT2D eigenvalue weighted by Crippen LogP contribution is -2.46. The van der Waals surface area contributed by atoms with Crippen molar-refractivity contribution in [3.63, 3.8) is 0 Å². The molecule has 0 spiro atoms. The Kier molecular flexibility index (Phi) is 6.32. The third kappa shape index (κ3) is 4.89. The number of carbonyl (C=O) groups is 1. The van der Waals surface area contributed by atoms with Crippen LogP contribution in [0.15, 0.2) is 24.3 Å². The molecule has 0 unspecified atom stereocenters. The zero-order valence-electron chi connectivity index (χ0n) is 11.2. The molecule has 0 aliphatic carbocycles. The highest BCUT2D eigenvalue weighted by atomic mass is 16.3. The van der Waals surface area contributed by atoms with Gasteiger partial charge in [-0.3, -0.25) is 4.79 Å². The number of nitrogens with two attached hydrogens (primary N) is 1. The summed E-state index contributed by atoms with van der Waals surface area (Å²) in [6, 6.07) is 6.02. The predicted octanol–water partition coefficient (Wildman–Crippen LogP) is 0.493. The zero-order valence-corrected chi connectivity index (χ0v) is 11.2. The Morgan fingerprint density at radius 3 is 2.47 bits per heavy atom. The van der Waals surface area contributed by atoms with Crippen molar-refractivity contribution < 1.29 is 15.0 Å². The molecular weight excluding hydrogens is 244 g/mol. The second-order valence-electron chi connectivity index (χ2n) is 4.53. The van der Waals surface area contributed by atoms with Gasteiger partial charge in [-0.2, -0.15) is 0 Å². The summed E-state index contributed by atoms with van der Waals surface area (Å²) in [7, 11) is 0. The summed E-state index contributed by atoms with van der Waals surface area (Å²) in [6.45, 7) is 2.83. The summed E-state index contributed by atoms with van der Waals surface area (Å²) in [5.74, 6) is 0.0421. The van der Waals surface area contributed by atoms with Gasteiger partial charge in [-0.05, 0) is 30.5 Å². The Balaban J connectivity index is 2.62. The maximum Gasteiger partial charge on any atom is 0.239 e. The van der Waals surface area contributed by atoms with Crippen LogP contribution in [-0.2, 0) is 11.2 Å². The maximum absolute atomic E-state index is 12.1. The number of phenols is 1. The van der Waals surface area contributed by atoms with E-state index in [-0.39, 0.29) is 18.3 Å². The summed E-state index contributed by atoms with van der Waals surface area (Å²) < 4.78 is 0. The first-order valence-electron chi connectivity index (χ1n) is 6.51. The number of benzene rings is 1. The van der Waals surface area contributed by atoms with E-state index in [1.54, 1.807) is 29.2 Å². The quantitative estimate of drug-likeness (QED) is 0.670. The standard InChI is InChI=1S/C14H22N2O3/c1-2-7-16(8-9-17)14(19)13(15)10-11-3-5-12(18)6-4-11/h3-6,13,17-18H,2,7-10,15H2,1H3/t13-/m1/s1. The largest absolute Gasteiger partial charge is 0.508 e. The molecule has 0 radical (unpaired) electrons. The normalized spacial score (nSPS) is 12.2. The first-order chi connectivity index (χ1) is 9.08. The van der Waals surface area contributed by atoms with Crippen LogP contribution < -0.4 is 5.73 Å². The molecular formula is C14H22N2O3. The number of aromatic hydroxyl groups is 1. The second kappa shape index (κ2) is 7.76. The molecule has 1 rings (SSSR count). The molecule has 0 aliphatic heterocycles. The lowest BCUT2D eigenvalue weighted by atomic mass is 10.1. The smallest absolute Gasteiger partial charge is 0.239 e. The van der Waals surface area contributed by atoms with Crippen LogP contribution in [0.3, 0.4) is 0 Å². The third-order valence-corrected chi connectivity index (χ3v) is 2.88. The van der Waals surface area contributed by atoms with Gasteiger partial charge in [-0.15, -0.1) is 0 Å². The van der Waals surface area contributed by atoms with E-state index in [9.17, 15) is 9.90 Å². The molecule has 1 atom stereocenters. The Labute approximate surface area is 113 Å². The van der Waals surface area contributed by atoms with E-state index in [0.717, 1.165) is 12.0 Å². The Morgan fingerprint density at radius 2 is 1.95 bits per heavy atom. The molecule has 1 aromatic rings. The van der Waals surface area contributed by atoms with Gasteiger partial charge >= 0.3 is 0 Å². The fourth-order valence-electron chi connectivity index (χ4n) is 1.93. The van der Waals surface area contributed by atoms with Crippen molar-refractivity contribution in [2.24, 2.45) is 5.73 Å². The lowest BCUT2D eigenvalue weighted by Gasteiger charge is -2.24. The van der Waals surface area contributed by atoms with Gasteiger partial charge in [0.05, 0.1) is 12.6 Å². The number of hydrogen-bond acceptors (Lipinski definition) is 4. The minimum absolute atomic E-state index is 0.0579. The van der Waals surface area contributed by atoms with E-state index in [0.29, 0.717) is 19.5 Å². The first kappa shape index (κ1) is 15.5. The summed E-state index contributed by atoms with van der Waals surface area (Å²) in [4.78, 5) is 13.7. The molecule has 0 fully saturated rings. The molecule has 19 heavy (non-hydrogen) atoms. The van der Waals surface area contributed by atoms with Gasteiger partial charge in [-0.1, -0.05) is 19.1 Å². The molecule has 4 N–H and O–H groups in total. The third-order valence-electron chi connectivity index (χ3n) is 2.88. The molecule has 0 aromatic heterocycles. The minimum atomic E-state index is -0.623. The Bertz CT molecular complexity index is 386. The van der Waals surface area contributed by atoms with E-state index in [1.165, 1.54) is 0 Å². The second-order valence-corrected chi connectivity index (χ2v) is 4.53. The molecule has 0 aliphatic rings. The Hall–Kier alpha value is -1.59. The number of amides is 1. The highest BCUT2D eigenvalue weighted by Crippen LogP contribution is 2.11. The average molecular weight is 266 g/mol. The molecule has 5 nitrogen and oxygen atoms in total. The van der Waals surface area contributed by atoms with Crippen LogP contribution in [0.2, 0.25) is 0 Å². The van der Waals surface area contributed by atoms with Crippen molar-refractivity contribution in [2.45, 2.75) is 25.8 Å². The summed E-state index contributed by atoms with van der Waals surface area (Å²) in [5.41, 5.74) is 6.82. The van der Waals surface area contributed by atoms with E-state index in [2.05, 4.69) is 0 Å². The van der Waals surface area contributed by atoms with Crippen LogP contribution in [0.5, 0.6) is 5.75 Å². The summed E-state index contributed by atoms with van der Waals surface area (Å²) >= 11 is 0. The van der Waals surface area contributed by atoms with Crippen molar-refractivity contribution >= 4 is 5.91 Å². The molecule has 0 heterocycles. The predicted molar refractivity (Wildman–Crippen MR) is 73.7 cm³/mol. The zero-order chi connectivity index (χ0) is 14.3. The van der Waals surface area contributed by atoms with E-state index in [1.807, 2.05) is 6.92 Å². The van der Waals surface area contributed by atoms with Crippen LogP contribution in [0, 0.1) is 0 Å². The monoisotopic (exact) mass is 266 g/mol. The van der Waals surface area contributed by atoms with Gasteiger partial charge in [0.25, 0.3) is 0 Å². The SMILES string of the molecule is CCCN(CCO)C(=O)[C@H](N)Cc1ccc(O)cc1. The number of phenolic OH excluding ortho intramolecular Hbond substituents is 1. The molecule has 0 bridgehead atoms.